The molecule has 0 saturated carbocycles. The highest BCUT2D eigenvalue weighted by Gasteiger charge is 2.21. The number of likely N-dealkylation sites (tertiary alicyclic amines) is 1. The summed E-state index contributed by atoms with van der Waals surface area (Å²) in [5.74, 6) is 0. The number of nitrogens with zero attached hydrogens (tertiary/aromatic N) is 1. The molecule has 0 bridgehead atoms. The molecule has 1 fully saturated rings. The zero-order chi connectivity index (χ0) is 13.2. The largest absolute Gasteiger partial charge is 0.328 e. The van der Waals surface area contributed by atoms with Crippen molar-refractivity contribution < 1.29 is 0 Å². The van der Waals surface area contributed by atoms with E-state index in [0.717, 1.165) is 25.9 Å². The summed E-state index contributed by atoms with van der Waals surface area (Å²) in [6.45, 7) is 4.55. The van der Waals surface area contributed by atoms with Gasteiger partial charge in [-0.05, 0) is 42.2 Å². The number of hydrogen-bond donors (Lipinski definition) is 1. The summed E-state index contributed by atoms with van der Waals surface area (Å²) >= 11 is 0. The zero-order valence-corrected chi connectivity index (χ0v) is 11.5. The first kappa shape index (κ1) is 12.6. The summed E-state index contributed by atoms with van der Waals surface area (Å²) in [5, 5.41) is 2.65. The van der Waals surface area contributed by atoms with Gasteiger partial charge in [0, 0.05) is 25.2 Å². The highest BCUT2D eigenvalue weighted by Crippen LogP contribution is 2.26. The van der Waals surface area contributed by atoms with Crippen molar-refractivity contribution in [3.05, 3.63) is 48.0 Å². The zero-order valence-electron chi connectivity index (χ0n) is 11.5. The third kappa shape index (κ3) is 2.65. The Labute approximate surface area is 115 Å². The fourth-order valence-electron chi connectivity index (χ4n) is 2.99. The second-order valence-corrected chi connectivity index (χ2v) is 5.66. The Kier molecular flexibility index (Phi) is 3.54. The molecule has 100 valence electrons. The molecule has 2 nitrogen and oxygen atoms in total. The van der Waals surface area contributed by atoms with E-state index in [1.807, 2.05) is 0 Å². The van der Waals surface area contributed by atoms with Crippen molar-refractivity contribution in [1.29, 1.82) is 0 Å². The van der Waals surface area contributed by atoms with Crippen LogP contribution in [0.15, 0.2) is 42.5 Å². The number of nitrogens with two attached hydrogens (primary N) is 1. The maximum Gasteiger partial charge on any atom is 0.0320 e. The predicted octanol–water partition coefficient (Wildman–Crippen LogP) is 3.32. The molecule has 1 heterocycles. The van der Waals surface area contributed by atoms with E-state index in [-0.39, 0.29) is 0 Å². The van der Waals surface area contributed by atoms with Gasteiger partial charge in [0.15, 0.2) is 0 Å². The second kappa shape index (κ2) is 5.32. The van der Waals surface area contributed by atoms with E-state index in [9.17, 15) is 0 Å². The predicted molar refractivity (Wildman–Crippen MR) is 81.1 cm³/mol. The molecule has 0 amide bonds. The smallest absolute Gasteiger partial charge is 0.0320 e. The fraction of sp³-hybridized carbons (Fsp3) is 0.412. The first-order valence-corrected chi connectivity index (χ1v) is 7.22. The van der Waals surface area contributed by atoms with Crippen molar-refractivity contribution >= 4 is 10.8 Å². The van der Waals surface area contributed by atoms with Crippen molar-refractivity contribution in [2.24, 2.45) is 5.73 Å². The molecule has 2 aromatic carbocycles. The Morgan fingerprint density at radius 3 is 2.47 bits per heavy atom. The van der Waals surface area contributed by atoms with E-state index in [2.05, 4.69) is 54.3 Å². The van der Waals surface area contributed by atoms with Crippen LogP contribution in [0, 0.1) is 0 Å². The van der Waals surface area contributed by atoms with Crippen LogP contribution >= 0.6 is 0 Å². The van der Waals surface area contributed by atoms with Crippen LogP contribution in [0.2, 0.25) is 0 Å². The summed E-state index contributed by atoms with van der Waals surface area (Å²) in [5.41, 5.74) is 7.39. The molecule has 1 aliphatic rings. The summed E-state index contributed by atoms with van der Waals surface area (Å²) in [6.07, 6.45) is 2.25. The molecule has 1 aliphatic heterocycles. The molecule has 1 saturated heterocycles. The molecular weight excluding hydrogens is 232 g/mol. The summed E-state index contributed by atoms with van der Waals surface area (Å²) in [7, 11) is 0. The summed E-state index contributed by atoms with van der Waals surface area (Å²) in [4.78, 5) is 2.55. The maximum atomic E-state index is 5.98. The monoisotopic (exact) mass is 254 g/mol. The van der Waals surface area contributed by atoms with E-state index in [0.29, 0.717) is 12.1 Å². The van der Waals surface area contributed by atoms with Crippen LogP contribution in [0.25, 0.3) is 10.8 Å². The van der Waals surface area contributed by atoms with Crippen LogP contribution in [0.1, 0.15) is 31.4 Å². The standard InChI is InChI=1S/C17H22N2/c1-13(19-10-8-17(18)9-11-19)15-7-6-14-4-2-3-5-16(14)12-15/h2-7,12-13,17H,8-11,18H2,1H3/t13-/m1/s1. The van der Waals surface area contributed by atoms with Gasteiger partial charge in [0.2, 0.25) is 0 Å². The first-order chi connectivity index (χ1) is 9.24. The second-order valence-electron chi connectivity index (χ2n) is 5.66. The molecule has 0 radical (unpaired) electrons. The summed E-state index contributed by atoms with van der Waals surface area (Å²) in [6, 6.07) is 16.3. The van der Waals surface area contributed by atoms with Gasteiger partial charge in [0.25, 0.3) is 0 Å². The molecule has 2 heteroatoms. The number of piperidine rings is 1. The SMILES string of the molecule is C[C@H](c1ccc2ccccc2c1)N1CCC(N)CC1. The normalized spacial score (nSPS) is 19.7. The summed E-state index contributed by atoms with van der Waals surface area (Å²) < 4.78 is 0. The van der Waals surface area contributed by atoms with E-state index >= 15 is 0 Å². The van der Waals surface area contributed by atoms with Crippen LogP contribution in [-0.2, 0) is 0 Å². The lowest BCUT2D eigenvalue weighted by Crippen LogP contribution is -2.40. The topological polar surface area (TPSA) is 29.3 Å². The third-order valence-corrected chi connectivity index (χ3v) is 4.38. The van der Waals surface area contributed by atoms with E-state index in [1.165, 1.54) is 16.3 Å². The van der Waals surface area contributed by atoms with Crippen molar-refractivity contribution in [3.8, 4) is 0 Å². The average Bonchev–Trinajstić information content (AvgIpc) is 2.47. The molecule has 3 rings (SSSR count). The lowest BCUT2D eigenvalue weighted by atomic mass is 9.98. The van der Waals surface area contributed by atoms with Crippen LogP contribution in [-0.4, -0.2) is 24.0 Å². The van der Waals surface area contributed by atoms with Crippen molar-refractivity contribution in [2.75, 3.05) is 13.1 Å². The molecule has 0 aliphatic carbocycles. The minimum absolute atomic E-state index is 0.403. The molecule has 2 aromatic rings. The van der Waals surface area contributed by atoms with Crippen LogP contribution in [0.5, 0.6) is 0 Å². The minimum atomic E-state index is 0.403. The highest BCUT2D eigenvalue weighted by atomic mass is 15.2. The number of hydrogen-bond acceptors (Lipinski definition) is 2. The molecule has 2 N–H and O–H groups in total. The van der Waals surface area contributed by atoms with Crippen molar-refractivity contribution in [1.82, 2.24) is 4.90 Å². The van der Waals surface area contributed by atoms with Gasteiger partial charge in [0.1, 0.15) is 0 Å². The van der Waals surface area contributed by atoms with Crippen LogP contribution < -0.4 is 5.73 Å². The molecular formula is C17H22N2. The Morgan fingerprint density at radius 1 is 1.05 bits per heavy atom. The Bertz CT molecular complexity index is 556. The van der Waals surface area contributed by atoms with Crippen molar-refractivity contribution in [3.63, 3.8) is 0 Å². The van der Waals surface area contributed by atoms with E-state index < -0.39 is 0 Å². The fourth-order valence-corrected chi connectivity index (χ4v) is 2.99. The van der Waals surface area contributed by atoms with E-state index in [4.69, 9.17) is 5.73 Å². The minimum Gasteiger partial charge on any atom is -0.328 e. The molecule has 19 heavy (non-hydrogen) atoms. The van der Waals surface area contributed by atoms with Gasteiger partial charge >= 0.3 is 0 Å². The lowest BCUT2D eigenvalue weighted by molar-refractivity contribution is 0.163. The number of fused-ring (bicyclic) bond motifs is 1. The van der Waals surface area contributed by atoms with E-state index in [1.54, 1.807) is 0 Å². The molecule has 0 unspecified atom stereocenters. The Morgan fingerprint density at radius 2 is 1.74 bits per heavy atom. The van der Waals surface area contributed by atoms with Gasteiger partial charge < -0.3 is 5.73 Å². The van der Waals surface area contributed by atoms with Crippen LogP contribution in [0.4, 0.5) is 0 Å². The van der Waals surface area contributed by atoms with Crippen LogP contribution in [0.3, 0.4) is 0 Å². The first-order valence-electron chi connectivity index (χ1n) is 7.22. The lowest BCUT2D eigenvalue weighted by Gasteiger charge is -2.35. The molecule has 0 aromatic heterocycles. The molecule has 0 spiro atoms. The van der Waals surface area contributed by atoms with Gasteiger partial charge in [-0.3, -0.25) is 4.90 Å². The Hall–Kier alpha value is -1.38. The van der Waals surface area contributed by atoms with Gasteiger partial charge in [-0.15, -0.1) is 0 Å². The quantitative estimate of drug-likeness (QED) is 0.890. The average molecular weight is 254 g/mol. The van der Waals surface area contributed by atoms with Gasteiger partial charge in [-0.1, -0.05) is 36.4 Å². The maximum absolute atomic E-state index is 5.98. The molecule has 1 atom stereocenters. The van der Waals surface area contributed by atoms with Crippen molar-refractivity contribution in [2.45, 2.75) is 31.8 Å². The van der Waals surface area contributed by atoms with Gasteiger partial charge in [0.05, 0.1) is 0 Å². The third-order valence-electron chi connectivity index (χ3n) is 4.38. The Balaban J connectivity index is 1.83. The highest BCUT2D eigenvalue weighted by molar-refractivity contribution is 5.83. The van der Waals surface area contributed by atoms with Gasteiger partial charge in [-0.2, -0.15) is 0 Å². The number of rotatable bonds is 2. The van der Waals surface area contributed by atoms with Gasteiger partial charge in [-0.25, -0.2) is 0 Å². The number of benzene rings is 2.